The lowest BCUT2D eigenvalue weighted by Crippen LogP contribution is -2.31. The van der Waals surface area contributed by atoms with Gasteiger partial charge in [-0.15, -0.1) is 21.5 Å². The number of benzene rings is 1. The molecule has 4 rings (SSSR count). The average molecular weight is 399 g/mol. The van der Waals surface area contributed by atoms with E-state index in [-0.39, 0.29) is 5.91 Å². The predicted octanol–water partition coefficient (Wildman–Crippen LogP) is 4.48. The second-order valence-corrected chi connectivity index (χ2v) is 8.46. The van der Waals surface area contributed by atoms with Gasteiger partial charge in [0.05, 0.1) is 10.6 Å². The molecule has 0 radical (unpaired) electrons. The Morgan fingerprint density at radius 1 is 1.22 bits per heavy atom. The average Bonchev–Trinajstić information content (AvgIpc) is 3.22. The van der Waals surface area contributed by atoms with Crippen LogP contribution in [0.4, 0.5) is 0 Å². The first kappa shape index (κ1) is 18.3. The Bertz CT molecular complexity index is 888. The van der Waals surface area contributed by atoms with E-state index in [1.54, 1.807) is 11.3 Å². The summed E-state index contributed by atoms with van der Waals surface area (Å²) in [6.07, 6.45) is 2.32. The minimum atomic E-state index is 0.134. The minimum Gasteiger partial charge on any atom is -0.338 e. The Morgan fingerprint density at radius 2 is 2.04 bits per heavy atom. The van der Waals surface area contributed by atoms with Gasteiger partial charge in [0.1, 0.15) is 0 Å². The maximum absolute atomic E-state index is 12.7. The van der Waals surface area contributed by atoms with Crippen molar-refractivity contribution in [3.05, 3.63) is 53.4 Å². The number of carbonyl (C=O) groups excluding carboxylic acids is 1. The highest BCUT2D eigenvalue weighted by atomic mass is 32.2. The third-order valence-electron chi connectivity index (χ3n) is 4.59. The highest BCUT2D eigenvalue weighted by Gasteiger charge is 2.30. The van der Waals surface area contributed by atoms with Crippen LogP contribution in [0.3, 0.4) is 0 Å². The van der Waals surface area contributed by atoms with E-state index in [0.717, 1.165) is 34.3 Å². The van der Waals surface area contributed by atoms with Gasteiger partial charge in [0.15, 0.2) is 11.0 Å². The Morgan fingerprint density at radius 3 is 2.70 bits per heavy atom. The van der Waals surface area contributed by atoms with Crippen LogP contribution in [-0.4, -0.2) is 37.9 Å². The van der Waals surface area contributed by atoms with Crippen molar-refractivity contribution >= 4 is 29.0 Å². The fraction of sp³-hybridized carbons (Fsp3) is 0.350. The molecule has 1 aliphatic rings. The minimum absolute atomic E-state index is 0.134. The molecule has 1 fully saturated rings. The molecular weight excluding hydrogens is 376 g/mol. The zero-order chi connectivity index (χ0) is 18.6. The Hall–Kier alpha value is -2.12. The highest BCUT2D eigenvalue weighted by Crippen LogP contribution is 2.41. The number of thiophene rings is 1. The lowest BCUT2D eigenvalue weighted by molar-refractivity contribution is -0.128. The molecule has 1 aromatic carbocycles. The fourth-order valence-corrected chi connectivity index (χ4v) is 4.62. The van der Waals surface area contributed by atoms with Crippen molar-refractivity contribution in [2.45, 2.75) is 37.5 Å². The van der Waals surface area contributed by atoms with E-state index in [9.17, 15) is 4.79 Å². The molecule has 1 aliphatic carbocycles. The molecule has 1 saturated carbocycles. The Balaban J connectivity index is 1.44. The molecule has 0 unspecified atom stereocenters. The number of rotatable bonds is 8. The van der Waals surface area contributed by atoms with Gasteiger partial charge in [-0.3, -0.25) is 9.36 Å². The zero-order valence-corrected chi connectivity index (χ0v) is 16.9. The van der Waals surface area contributed by atoms with Gasteiger partial charge in [-0.1, -0.05) is 48.2 Å². The number of amides is 1. The lowest BCUT2D eigenvalue weighted by atomic mass is 10.2. The van der Waals surface area contributed by atoms with E-state index in [1.165, 1.54) is 11.8 Å². The van der Waals surface area contributed by atoms with Gasteiger partial charge < -0.3 is 4.90 Å². The van der Waals surface area contributed by atoms with Crippen LogP contribution in [0.2, 0.25) is 0 Å². The molecule has 0 aliphatic heterocycles. The predicted molar refractivity (Wildman–Crippen MR) is 110 cm³/mol. The normalized spacial score (nSPS) is 13.7. The van der Waals surface area contributed by atoms with Crippen molar-refractivity contribution in [3.63, 3.8) is 0 Å². The first-order chi connectivity index (χ1) is 13.3. The smallest absolute Gasteiger partial charge is 0.233 e. The molecule has 1 amide bonds. The van der Waals surface area contributed by atoms with E-state index in [0.29, 0.717) is 24.9 Å². The van der Waals surface area contributed by atoms with Crippen LogP contribution in [0.25, 0.3) is 10.7 Å². The maximum Gasteiger partial charge on any atom is 0.233 e. The molecule has 27 heavy (non-hydrogen) atoms. The number of hydrogen-bond acceptors (Lipinski definition) is 5. The summed E-state index contributed by atoms with van der Waals surface area (Å²) in [6, 6.07) is 14.7. The summed E-state index contributed by atoms with van der Waals surface area (Å²) in [5, 5.41) is 11.7. The maximum atomic E-state index is 12.7. The van der Waals surface area contributed by atoms with Gasteiger partial charge in [-0.25, -0.2) is 0 Å². The van der Waals surface area contributed by atoms with Gasteiger partial charge in [0, 0.05) is 19.1 Å². The Kier molecular flexibility index (Phi) is 5.59. The van der Waals surface area contributed by atoms with Gasteiger partial charge in [-0.2, -0.15) is 0 Å². The summed E-state index contributed by atoms with van der Waals surface area (Å²) in [6.45, 7) is 3.36. The molecule has 0 atom stereocenters. The van der Waals surface area contributed by atoms with Crippen LogP contribution in [-0.2, 0) is 11.3 Å². The van der Waals surface area contributed by atoms with Gasteiger partial charge in [0.2, 0.25) is 5.91 Å². The summed E-state index contributed by atoms with van der Waals surface area (Å²) in [4.78, 5) is 15.8. The standard InChI is InChI=1S/C20H22N4OS2/c1-2-23(13-15-7-4-3-5-8-15)18(25)14-27-20-22-21-19(17-9-6-12-26-17)24(20)16-10-11-16/h3-9,12,16H,2,10-11,13-14H2,1H3. The van der Waals surface area contributed by atoms with Crippen LogP contribution < -0.4 is 0 Å². The molecule has 2 heterocycles. The third kappa shape index (κ3) is 4.25. The summed E-state index contributed by atoms with van der Waals surface area (Å²) in [5.41, 5.74) is 1.15. The number of thioether (sulfide) groups is 1. The van der Waals surface area contributed by atoms with Crippen molar-refractivity contribution in [3.8, 4) is 10.7 Å². The van der Waals surface area contributed by atoms with E-state index in [4.69, 9.17) is 0 Å². The third-order valence-corrected chi connectivity index (χ3v) is 6.39. The van der Waals surface area contributed by atoms with Crippen LogP contribution in [0.1, 0.15) is 31.4 Å². The molecule has 140 valence electrons. The van der Waals surface area contributed by atoms with E-state index in [2.05, 4.69) is 38.3 Å². The van der Waals surface area contributed by atoms with Gasteiger partial charge >= 0.3 is 0 Å². The first-order valence-electron chi connectivity index (χ1n) is 9.19. The van der Waals surface area contributed by atoms with Crippen molar-refractivity contribution < 1.29 is 4.79 Å². The highest BCUT2D eigenvalue weighted by molar-refractivity contribution is 7.99. The van der Waals surface area contributed by atoms with Crippen molar-refractivity contribution in [1.29, 1.82) is 0 Å². The summed E-state index contributed by atoms with van der Waals surface area (Å²) in [7, 11) is 0. The molecule has 5 nitrogen and oxygen atoms in total. The number of aromatic nitrogens is 3. The fourth-order valence-electron chi connectivity index (χ4n) is 3.01. The van der Waals surface area contributed by atoms with Crippen molar-refractivity contribution in [2.75, 3.05) is 12.3 Å². The topological polar surface area (TPSA) is 51.0 Å². The van der Waals surface area contributed by atoms with Crippen LogP contribution in [0.15, 0.2) is 53.0 Å². The summed E-state index contributed by atoms with van der Waals surface area (Å²) in [5.74, 6) is 1.45. The second kappa shape index (κ2) is 8.27. The number of carbonyl (C=O) groups is 1. The molecule has 0 spiro atoms. The molecule has 7 heteroatoms. The molecule has 2 aromatic heterocycles. The molecule has 0 N–H and O–H groups in total. The summed E-state index contributed by atoms with van der Waals surface area (Å²) < 4.78 is 2.22. The zero-order valence-electron chi connectivity index (χ0n) is 15.2. The Labute approximate surface area is 167 Å². The van der Waals surface area contributed by atoms with Crippen LogP contribution in [0, 0.1) is 0 Å². The van der Waals surface area contributed by atoms with Crippen LogP contribution in [0.5, 0.6) is 0 Å². The van der Waals surface area contributed by atoms with E-state index in [1.807, 2.05) is 36.1 Å². The van der Waals surface area contributed by atoms with E-state index < -0.39 is 0 Å². The van der Waals surface area contributed by atoms with Gasteiger partial charge in [0.25, 0.3) is 0 Å². The second-order valence-electron chi connectivity index (χ2n) is 6.57. The molecule has 0 saturated heterocycles. The monoisotopic (exact) mass is 398 g/mol. The van der Waals surface area contributed by atoms with Crippen molar-refractivity contribution in [1.82, 2.24) is 19.7 Å². The number of nitrogens with zero attached hydrogens (tertiary/aromatic N) is 4. The van der Waals surface area contributed by atoms with Gasteiger partial charge in [-0.05, 0) is 36.8 Å². The largest absolute Gasteiger partial charge is 0.338 e. The van der Waals surface area contributed by atoms with E-state index >= 15 is 0 Å². The SMILES string of the molecule is CCN(Cc1ccccc1)C(=O)CSc1nnc(-c2cccs2)n1C1CC1. The quantitative estimate of drug-likeness (QED) is 0.525. The molecule has 0 bridgehead atoms. The molecular formula is C20H22N4OS2. The summed E-state index contributed by atoms with van der Waals surface area (Å²) >= 11 is 3.17. The van der Waals surface area contributed by atoms with Crippen molar-refractivity contribution in [2.24, 2.45) is 0 Å². The lowest BCUT2D eigenvalue weighted by Gasteiger charge is -2.20. The number of hydrogen-bond donors (Lipinski definition) is 0. The molecule has 3 aromatic rings. The first-order valence-corrected chi connectivity index (χ1v) is 11.1. The van der Waals surface area contributed by atoms with Crippen LogP contribution >= 0.6 is 23.1 Å².